The Morgan fingerprint density at radius 2 is 1.45 bits per heavy atom. The van der Waals surface area contributed by atoms with Crippen molar-refractivity contribution in [3.63, 3.8) is 0 Å². The molecule has 4 aromatic carbocycles. The van der Waals surface area contributed by atoms with E-state index in [1.54, 1.807) is 6.07 Å². The smallest absolute Gasteiger partial charge is 0.156 e. The minimum absolute atomic E-state index is 0.183. The van der Waals surface area contributed by atoms with Crippen LogP contribution in [0.1, 0.15) is 28.2 Å². The molecule has 0 heterocycles. The van der Waals surface area contributed by atoms with Gasteiger partial charge in [0.05, 0.1) is 20.1 Å². The molecular formula is C31H29Cl4NO2. The molecule has 0 aliphatic rings. The molecule has 4 rings (SSSR count). The van der Waals surface area contributed by atoms with Gasteiger partial charge < -0.3 is 15.2 Å². The molecule has 0 bridgehead atoms. The standard InChI is InChI=1S/C31H29Cl4NO2/c1-19-14-28(33)31(29(34)15-19)38-13-12-37-24-9-6-21(7-10-24)17-23(18-36)25-11-8-22(16-20(25)2)26-4-3-5-27(32)30(26)35/h3-11,14-16,23H,12-13,17-18,36H2,1-2H3. The number of halogens is 4. The zero-order chi connectivity index (χ0) is 27.2. The van der Waals surface area contributed by atoms with Crippen molar-refractivity contribution >= 4 is 46.4 Å². The molecule has 0 spiro atoms. The van der Waals surface area contributed by atoms with Gasteiger partial charge in [-0.05, 0) is 85.0 Å². The number of aryl methyl sites for hydroxylation is 2. The summed E-state index contributed by atoms with van der Waals surface area (Å²) in [6.07, 6.45) is 0.822. The summed E-state index contributed by atoms with van der Waals surface area (Å²) in [6.45, 7) is 5.27. The largest absolute Gasteiger partial charge is 0.490 e. The summed E-state index contributed by atoms with van der Waals surface area (Å²) in [6, 6.07) is 23.8. The molecule has 7 heteroatoms. The Bertz CT molecular complexity index is 1380. The van der Waals surface area contributed by atoms with Crippen LogP contribution in [0.15, 0.2) is 72.8 Å². The Hall–Kier alpha value is -2.40. The fraction of sp³-hybridized carbons (Fsp3) is 0.226. The number of ether oxygens (including phenoxy) is 2. The number of hydrogen-bond acceptors (Lipinski definition) is 3. The Balaban J connectivity index is 1.35. The second-order valence-electron chi connectivity index (χ2n) is 9.21. The van der Waals surface area contributed by atoms with Crippen LogP contribution in [0.3, 0.4) is 0 Å². The van der Waals surface area contributed by atoms with E-state index < -0.39 is 0 Å². The van der Waals surface area contributed by atoms with Crippen LogP contribution in [0.5, 0.6) is 11.5 Å². The SMILES string of the molecule is Cc1cc(Cl)c(OCCOc2ccc(CC(CN)c3ccc(-c4cccc(Cl)c4Cl)cc3C)cc2)c(Cl)c1. The summed E-state index contributed by atoms with van der Waals surface area (Å²) in [4.78, 5) is 0. The highest BCUT2D eigenvalue weighted by atomic mass is 35.5. The van der Waals surface area contributed by atoms with Crippen molar-refractivity contribution in [2.45, 2.75) is 26.2 Å². The van der Waals surface area contributed by atoms with E-state index in [1.807, 2.05) is 43.3 Å². The number of hydrogen-bond donors (Lipinski definition) is 1. The fourth-order valence-electron chi connectivity index (χ4n) is 4.48. The lowest BCUT2D eigenvalue weighted by atomic mass is 9.87. The first kappa shape index (κ1) is 28.6. The minimum atomic E-state index is 0.183. The van der Waals surface area contributed by atoms with E-state index in [0.29, 0.717) is 45.6 Å². The molecule has 0 amide bonds. The van der Waals surface area contributed by atoms with Crippen LogP contribution in [-0.2, 0) is 6.42 Å². The average Bonchev–Trinajstić information content (AvgIpc) is 2.89. The van der Waals surface area contributed by atoms with Crippen molar-refractivity contribution in [3.8, 4) is 22.6 Å². The topological polar surface area (TPSA) is 44.5 Å². The first-order valence-corrected chi connectivity index (χ1v) is 13.8. The van der Waals surface area contributed by atoms with Crippen LogP contribution in [0.25, 0.3) is 11.1 Å². The molecule has 0 saturated heterocycles. The summed E-state index contributed by atoms with van der Waals surface area (Å²) in [5, 5.41) is 2.10. The van der Waals surface area contributed by atoms with E-state index in [1.165, 1.54) is 16.7 Å². The maximum Gasteiger partial charge on any atom is 0.156 e. The van der Waals surface area contributed by atoms with Gasteiger partial charge in [0.1, 0.15) is 19.0 Å². The van der Waals surface area contributed by atoms with E-state index in [4.69, 9.17) is 61.6 Å². The monoisotopic (exact) mass is 587 g/mol. The number of nitrogens with two attached hydrogens (primary N) is 1. The van der Waals surface area contributed by atoms with E-state index in [0.717, 1.165) is 28.9 Å². The quantitative estimate of drug-likeness (QED) is 0.188. The van der Waals surface area contributed by atoms with Crippen molar-refractivity contribution in [2.24, 2.45) is 5.73 Å². The molecule has 0 fully saturated rings. The molecule has 0 saturated carbocycles. The number of rotatable bonds is 10. The summed E-state index contributed by atoms with van der Waals surface area (Å²) in [5.41, 5.74) is 12.7. The van der Waals surface area contributed by atoms with Crippen LogP contribution in [0.4, 0.5) is 0 Å². The van der Waals surface area contributed by atoms with Crippen molar-refractivity contribution < 1.29 is 9.47 Å². The molecule has 0 aliphatic carbocycles. The molecule has 0 aliphatic heterocycles. The summed E-state index contributed by atoms with van der Waals surface area (Å²) in [5.74, 6) is 1.43. The second kappa shape index (κ2) is 13.1. The first-order valence-electron chi connectivity index (χ1n) is 12.3. The molecule has 0 aromatic heterocycles. The van der Waals surface area contributed by atoms with Crippen LogP contribution in [-0.4, -0.2) is 19.8 Å². The van der Waals surface area contributed by atoms with Gasteiger partial charge in [-0.1, -0.05) is 88.9 Å². The molecule has 2 N–H and O–H groups in total. The van der Waals surface area contributed by atoms with Gasteiger partial charge in [-0.3, -0.25) is 0 Å². The summed E-state index contributed by atoms with van der Waals surface area (Å²) >= 11 is 25.1. The predicted molar refractivity (Wildman–Crippen MR) is 161 cm³/mol. The van der Waals surface area contributed by atoms with Crippen LogP contribution in [0.2, 0.25) is 20.1 Å². The zero-order valence-corrected chi connectivity index (χ0v) is 24.3. The normalized spacial score (nSPS) is 11.9. The van der Waals surface area contributed by atoms with E-state index in [9.17, 15) is 0 Å². The molecule has 38 heavy (non-hydrogen) atoms. The van der Waals surface area contributed by atoms with Crippen molar-refractivity contribution in [1.82, 2.24) is 0 Å². The van der Waals surface area contributed by atoms with Gasteiger partial charge in [-0.2, -0.15) is 0 Å². The predicted octanol–water partition coefficient (Wildman–Crippen LogP) is 9.33. The van der Waals surface area contributed by atoms with Gasteiger partial charge in [0.15, 0.2) is 5.75 Å². The molecule has 4 aromatic rings. The molecule has 1 unspecified atom stereocenters. The van der Waals surface area contributed by atoms with Gasteiger partial charge in [-0.25, -0.2) is 0 Å². The van der Waals surface area contributed by atoms with Gasteiger partial charge in [0, 0.05) is 11.5 Å². The highest BCUT2D eigenvalue weighted by Gasteiger charge is 2.15. The lowest BCUT2D eigenvalue weighted by Crippen LogP contribution is -2.16. The lowest BCUT2D eigenvalue weighted by molar-refractivity contribution is 0.217. The third-order valence-electron chi connectivity index (χ3n) is 6.40. The Morgan fingerprint density at radius 1 is 0.763 bits per heavy atom. The van der Waals surface area contributed by atoms with Gasteiger partial charge in [-0.15, -0.1) is 0 Å². The molecule has 198 valence electrons. The third kappa shape index (κ3) is 6.97. The van der Waals surface area contributed by atoms with E-state index in [2.05, 4.69) is 37.3 Å². The maximum absolute atomic E-state index is 6.44. The van der Waals surface area contributed by atoms with Crippen molar-refractivity contribution in [2.75, 3.05) is 19.8 Å². The minimum Gasteiger partial charge on any atom is -0.490 e. The Kier molecular flexibility index (Phi) is 9.86. The second-order valence-corrected chi connectivity index (χ2v) is 10.8. The van der Waals surface area contributed by atoms with Crippen molar-refractivity contribution in [1.29, 1.82) is 0 Å². The van der Waals surface area contributed by atoms with Crippen LogP contribution >= 0.6 is 46.4 Å². The van der Waals surface area contributed by atoms with Gasteiger partial charge in [0.2, 0.25) is 0 Å². The lowest BCUT2D eigenvalue weighted by Gasteiger charge is -2.19. The zero-order valence-electron chi connectivity index (χ0n) is 21.2. The van der Waals surface area contributed by atoms with Gasteiger partial charge >= 0.3 is 0 Å². The highest BCUT2D eigenvalue weighted by molar-refractivity contribution is 6.43. The molecule has 1 atom stereocenters. The average molecular weight is 589 g/mol. The first-order chi connectivity index (χ1) is 18.3. The van der Waals surface area contributed by atoms with Crippen molar-refractivity contribution in [3.05, 3.63) is 115 Å². The van der Waals surface area contributed by atoms with E-state index in [-0.39, 0.29) is 5.92 Å². The molecular weight excluding hydrogens is 560 g/mol. The summed E-state index contributed by atoms with van der Waals surface area (Å²) < 4.78 is 11.6. The molecule has 0 radical (unpaired) electrons. The summed E-state index contributed by atoms with van der Waals surface area (Å²) in [7, 11) is 0. The third-order valence-corrected chi connectivity index (χ3v) is 7.78. The number of benzene rings is 4. The van der Waals surface area contributed by atoms with Gasteiger partial charge in [0.25, 0.3) is 0 Å². The highest BCUT2D eigenvalue weighted by Crippen LogP contribution is 2.36. The Labute approximate surface area is 244 Å². The van der Waals surface area contributed by atoms with Crippen LogP contribution < -0.4 is 15.2 Å². The maximum atomic E-state index is 6.44. The Morgan fingerprint density at radius 3 is 2.11 bits per heavy atom. The fourth-order valence-corrected chi connectivity index (χ4v) is 5.60. The molecule has 3 nitrogen and oxygen atoms in total. The van der Waals surface area contributed by atoms with Crippen LogP contribution in [0, 0.1) is 13.8 Å². The van der Waals surface area contributed by atoms with E-state index >= 15 is 0 Å².